The molecule has 1 saturated heterocycles. The molecule has 1 fully saturated rings. The highest BCUT2D eigenvalue weighted by Gasteiger charge is 2.30. The highest BCUT2D eigenvalue weighted by Crippen LogP contribution is 2.22. The molecule has 4 heteroatoms. The van der Waals surface area contributed by atoms with E-state index in [1.54, 1.807) is 6.07 Å². The molecular formula is C14H22N2O2. The van der Waals surface area contributed by atoms with Crippen LogP contribution in [0.2, 0.25) is 0 Å². The van der Waals surface area contributed by atoms with Crippen LogP contribution in [0.3, 0.4) is 0 Å². The van der Waals surface area contributed by atoms with Crippen molar-refractivity contribution >= 4 is 5.91 Å². The lowest BCUT2D eigenvalue weighted by Crippen LogP contribution is -2.50. The fourth-order valence-corrected chi connectivity index (χ4v) is 2.72. The number of likely N-dealkylation sites (tertiary alicyclic amines) is 1. The standard InChI is InChI=1S/C14H22N2O2/c1-4-11-9-16(8-7-12(11)15-3)14(17)13-6-5-10(2)18-13/h5-6,11-12,15H,4,7-9H2,1-3H3. The molecule has 2 heterocycles. The fourth-order valence-electron chi connectivity index (χ4n) is 2.72. The summed E-state index contributed by atoms with van der Waals surface area (Å²) in [6.45, 7) is 5.67. The number of furan rings is 1. The Morgan fingerprint density at radius 1 is 1.56 bits per heavy atom. The normalized spacial score (nSPS) is 24.3. The van der Waals surface area contributed by atoms with E-state index in [0.29, 0.717) is 17.7 Å². The fraction of sp³-hybridized carbons (Fsp3) is 0.643. The molecule has 1 aliphatic rings. The van der Waals surface area contributed by atoms with E-state index in [9.17, 15) is 4.79 Å². The van der Waals surface area contributed by atoms with Crippen molar-refractivity contribution in [2.24, 2.45) is 5.92 Å². The maximum atomic E-state index is 12.3. The molecule has 100 valence electrons. The van der Waals surface area contributed by atoms with Gasteiger partial charge in [0.2, 0.25) is 0 Å². The van der Waals surface area contributed by atoms with E-state index in [1.807, 2.05) is 24.9 Å². The van der Waals surface area contributed by atoms with Crippen molar-refractivity contribution in [3.05, 3.63) is 23.7 Å². The van der Waals surface area contributed by atoms with Crippen LogP contribution in [0, 0.1) is 12.8 Å². The lowest BCUT2D eigenvalue weighted by Gasteiger charge is -2.37. The van der Waals surface area contributed by atoms with Crippen molar-refractivity contribution in [3.8, 4) is 0 Å². The Balaban J connectivity index is 2.04. The Hall–Kier alpha value is -1.29. The van der Waals surface area contributed by atoms with Gasteiger partial charge in [0.15, 0.2) is 5.76 Å². The number of hydrogen-bond acceptors (Lipinski definition) is 3. The molecule has 2 rings (SSSR count). The van der Waals surface area contributed by atoms with Crippen LogP contribution in [0.4, 0.5) is 0 Å². The number of rotatable bonds is 3. The van der Waals surface area contributed by atoms with Gasteiger partial charge in [0.25, 0.3) is 5.91 Å². The number of piperidine rings is 1. The van der Waals surface area contributed by atoms with Gasteiger partial charge in [-0.05, 0) is 38.4 Å². The Morgan fingerprint density at radius 3 is 2.89 bits per heavy atom. The number of nitrogens with zero attached hydrogens (tertiary/aromatic N) is 1. The molecule has 0 aliphatic carbocycles. The third-order valence-corrected chi connectivity index (χ3v) is 3.87. The van der Waals surface area contributed by atoms with Crippen molar-refractivity contribution in [1.29, 1.82) is 0 Å². The molecule has 1 aromatic rings. The molecule has 0 bridgehead atoms. The number of carbonyl (C=O) groups is 1. The number of hydrogen-bond donors (Lipinski definition) is 1. The van der Waals surface area contributed by atoms with Crippen molar-refractivity contribution in [2.45, 2.75) is 32.7 Å². The first-order valence-corrected chi connectivity index (χ1v) is 6.68. The van der Waals surface area contributed by atoms with E-state index < -0.39 is 0 Å². The van der Waals surface area contributed by atoms with Gasteiger partial charge in [-0.25, -0.2) is 0 Å². The largest absolute Gasteiger partial charge is 0.456 e. The summed E-state index contributed by atoms with van der Waals surface area (Å²) in [5.41, 5.74) is 0. The van der Waals surface area contributed by atoms with E-state index >= 15 is 0 Å². The van der Waals surface area contributed by atoms with Crippen LogP contribution >= 0.6 is 0 Å². The van der Waals surface area contributed by atoms with Crippen LogP contribution < -0.4 is 5.32 Å². The zero-order chi connectivity index (χ0) is 13.1. The van der Waals surface area contributed by atoms with Crippen LogP contribution in [-0.4, -0.2) is 37.0 Å². The highest BCUT2D eigenvalue weighted by atomic mass is 16.3. The Bertz CT molecular complexity index is 414. The predicted molar refractivity (Wildman–Crippen MR) is 70.6 cm³/mol. The molecule has 1 aliphatic heterocycles. The molecule has 4 nitrogen and oxygen atoms in total. The Morgan fingerprint density at radius 2 is 2.33 bits per heavy atom. The second-order valence-corrected chi connectivity index (χ2v) is 5.01. The van der Waals surface area contributed by atoms with Crippen LogP contribution in [0.1, 0.15) is 36.1 Å². The third-order valence-electron chi connectivity index (χ3n) is 3.87. The summed E-state index contributed by atoms with van der Waals surface area (Å²) in [6, 6.07) is 4.13. The number of aryl methyl sites for hydroxylation is 1. The summed E-state index contributed by atoms with van der Waals surface area (Å²) >= 11 is 0. The van der Waals surface area contributed by atoms with Gasteiger partial charge in [0, 0.05) is 19.1 Å². The van der Waals surface area contributed by atoms with E-state index in [0.717, 1.165) is 31.7 Å². The summed E-state index contributed by atoms with van der Waals surface area (Å²) < 4.78 is 5.41. The van der Waals surface area contributed by atoms with Gasteiger partial charge in [-0.15, -0.1) is 0 Å². The lowest BCUT2D eigenvalue weighted by molar-refractivity contribution is 0.0599. The number of amides is 1. The van der Waals surface area contributed by atoms with Crippen molar-refractivity contribution < 1.29 is 9.21 Å². The molecule has 0 saturated carbocycles. The maximum Gasteiger partial charge on any atom is 0.289 e. The van der Waals surface area contributed by atoms with Crippen molar-refractivity contribution in [1.82, 2.24) is 10.2 Å². The maximum absolute atomic E-state index is 12.3. The Kier molecular flexibility index (Phi) is 4.07. The van der Waals surface area contributed by atoms with Crippen molar-refractivity contribution in [2.75, 3.05) is 20.1 Å². The van der Waals surface area contributed by atoms with Crippen LogP contribution in [0.5, 0.6) is 0 Å². The van der Waals surface area contributed by atoms with Crippen LogP contribution in [0.15, 0.2) is 16.5 Å². The summed E-state index contributed by atoms with van der Waals surface area (Å²) in [6.07, 6.45) is 2.10. The van der Waals surface area contributed by atoms with Gasteiger partial charge in [0.1, 0.15) is 5.76 Å². The van der Waals surface area contributed by atoms with Gasteiger partial charge >= 0.3 is 0 Å². The minimum atomic E-state index is 0.0242. The van der Waals surface area contributed by atoms with Gasteiger partial charge < -0.3 is 14.6 Å². The first kappa shape index (κ1) is 13.1. The summed E-state index contributed by atoms with van der Waals surface area (Å²) in [7, 11) is 2.00. The third kappa shape index (κ3) is 2.58. The molecule has 1 aromatic heterocycles. The lowest BCUT2D eigenvalue weighted by atomic mass is 9.90. The predicted octanol–water partition coefficient (Wildman–Crippen LogP) is 2.05. The van der Waals surface area contributed by atoms with E-state index in [2.05, 4.69) is 12.2 Å². The average molecular weight is 250 g/mol. The SMILES string of the molecule is CCC1CN(C(=O)c2ccc(C)o2)CCC1NC. The summed E-state index contributed by atoms with van der Waals surface area (Å²) in [5, 5.41) is 3.35. The van der Waals surface area contributed by atoms with Crippen LogP contribution in [0.25, 0.3) is 0 Å². The smallest absolute Gasteiger partial charge is 0.289 e. The highest BCUT2D eigenvalue weighted by molar-refractivity contribution is 5.91. The van der Waals surface area contributed by atoms with Gasteiger partial charge in [-0.3, -0.25) is 4.79 Å². The first-order chi connectivity index (χ1) is 8.65. The number of carbonyl (C=O) groups excluding carboxylic acids is 1. The van der Waals surface area contributed by atoms with Crippen LogP contribution in [-0.2, 0) is 0 Å². The summed E-state index contributed by atoms with van der Waals surface area (Å²) in [5.74, 6) is 1.81. The molecule has 0 radical (unpaired) electrons. The van der Waals surface area contributed by atoms with Gasteiger partial charge in [-0.2, -0.15) is 0 Å². The molecular weight excluding hydrogens is 228 g/mol. The zero-order valence-corrected chi connectivity index (χ0v) is 11.4. The van der Waals surface area contributed by atoms with Crippen molar-refractivity contribution in [3.63, 3.8) is 0 Å². The molecule has 1 N–H and O–H groups in total. The minimum Gasteiger partial charge on any atom is -0.456 e. The first-order valence-electron chi connectivity index (χ1n) is 6.68. The molecule has 2 atom stereocenters. The second-order valence-electron chi connectivity index (χ2n) is 5.01. The van der Waals surface area contributed by atoms with E-state index in [1.165, 1.54) is 0 Å². The molecule has 1 amide bonds. The topological polar surface area (TPSA) is 45.5 Å². The second kappa shape index (κ2) is 5.57. The summed E-state index contributed by atoms with van der Waals surface area (Å²) in [4.78, 5) is 14.2. The quantitative estimate of drug-likeness (QED) is 0.893. The monoisotopic (exact) mass is 250 g/mol. The molecule has 0 aromatic carbocycles. The minimum absolute atomic E-state index is 0.0242. The Labute approximate surface area is 108 Å². The van der Waals surface area contributed by atoms with Gasteiger partial charge in [0.05, 0.1) is 0 Å². The van der Waals surface area contributed by atoms with E-state index in [4.69, 9.17) is 4.42 Å². The molecule has 2 unspecified atom stereocenters. The molecule has 0 spiro atoms. The number of nitrogens with one attached hydrogen (secondary N) is 1. The average Bonchev–Trinajstić information content (AvgIpc) is 2.83. The zero-order valence-electron chi connectivity index (χ0n) is 11.4. The van der Waals surface area contributed by atoms with Gasteiger partial charge in [-0.1, -0.05) is 13.3 Å². The molecule has 18 heavy (non-hydrogen) atoms. The van der Waals surface area contributed by atoms with E-state index in [-0.39, 0.29) is 5.91 Å².